The molecule has 0 unspecified atom stereocenters. The van der Waals surface area contributed by atoms with Gasteiger partial charge < -0.3 is 0 Å². The van der Waals surface area contributed by atoms with Gasteiger partial charge in [-0.3, -0.25) is 14.5 Å². The highest BCUT2D eigenvalue weighted by Gasteiger charge is 2.33. The Morgan fingerprint density at radius 2 is 1.39 bits per heavy atom. The number of fused-ring (bicyclic) bond motifs is 3. The maximum atomic E-state index is 12.7. The van der Waals surface area contributed by atoms with Crippen LogP contribution in [0.4, 0.5) is 16.6 Å². The van der Waals surface area contributed by atoms with Crippen LogP contribution in [0.5, 0.6) is 0 Å². The number of Topliss-reactive ketones (excluding diaryl/α,β-unsaturated/α-hetero) is 2. The van der Waals surface area contributed by atoms with Gasteiger partial charge in [-0.25, -0.2) is 9.97 Å². The zero-order valence-corrected chi connectivity index (χ0v) is 17.1. The molecule has 5 nitrogen and oxygen atoms in total. The molecule has 0 N–H and O–H groups in total. The molecule has 1 aliphatic carbocycles. The number of carbonyl (C=O) groups excluding carboxylic acids is 2. The number of hydrogen-bond donors (Lipinski definition) is 0. The second-order valence-corrected chi connectivity index (χ2v) is 8.52. The van der Waals surface area contributed by atoms with E-state index in [-0.39, 0.29) is 17.1 Å². The third kappa shape index (κ3) is 2.76. The van der Waals surface area contributed by atoms with E-state index in [0.29, 0.717) is 11.1 Å². The average molecular weight is 421 g/mol. The summed E-state index contributed by atoms with van der Waals surface area (Å²) in [6.07, 6.45) is 6.04. The number of pyridine rings is 2. The van der Waals surface area contributed by atoms with Gasteiger partial charge in [-0.15, -0.1) is 11.3 Å². The Bertz CT molecular complexity index is 1340. The zero-order valence-electron chi connectivity index (χ0n) is 16.3. The first-order chi connectivity index (χ1) is 15.2. The molecule has 3 aromatic heterocycles. The summed E-state index contributed by atoms with van der Waals surface area (Å²) in [5.41, 5.74) is 3.43. The molecule has 4 aromatic rings. The Morgan fingerprint density at radius 1 is 0.774 bits per heavy atom. The molecule has 1 aliphatic heterocycles. The number of hydrogen-bond acceptors (Lipinski definition) is 6. The van der Waals surface area contributed by atoms with Crippen molar-refractivity contribution >= 4 is 45.6 Å². The monoisotopic (exact) mass is 421 g/mol. The van der Waals surface area contributed by atoms with Gasteiger partial charge in [-0.2, -0.15) is 0 Å². The number of benzene rings is 1. The Kier molecular flexibility index (Phi) is 3.94. The number of nitrogens with zero attached hydrogens (tertiary/aromatic N) is 3. The molecule has 148 valence electrons. The van der Waals surface area contributed by atoms with Gasteiger partial charge in [-0.05, 0) is 41.5 Å². The van der Waals surface area contributed by atoms with Gasteiger partial charge in [-0.1, -0.05) is 36.4 Å². The van der Waals surface area contributed by atoms with Crippen molar-refractivity contribution in [1.82, 2.24) is 9.97 Å². The van der Waals surface area contributed by atoms with E-state index in [1.165, 1.54) is 11.3 Å². The maximum absolute atomic E-state index is 12.7. The minimum absolute atomic E-state index is 0.213. The molecule has 0 fully saturated rings. The molecule has 4 heterocycles. The minimum Gasteiger partial charge on any atom is -0.288 e. The fraction of sp³-hybridized carbons (Fsp3) is 0.0400. The van der Waals surface area contributed by atoms with E-state index in [1.807, 2.05) is 29.2 Å². The van der Waals surface area contributed by atoms with Crippen molar-refractivity contribution in [2.45, 2.75) is 6.42 Å². The zero-order chi connectivity index (χ0) is 20.9. The van der Waals surface area contributed by atoms with Crippen LogP contribution in [0, 0.1) is 0 Å². The molecule has 0 saturated heterocycles. The Balaban J connectivity index is 1.43. The molecule has 0 radical (unpaired) electrons. The normalized spacial score (nSPS) is 14.3. The van der Waals surface area contributed by atoms with E-state index in [9.17, 15) is 9.59 Å². The number of anilines is 3. The summed E-state index contributed by atoms with van der Waals surface area (Å²) in [5, 5.41) is 0.932. The Hall–Kier alpha value is -3.90. The molecule has 0 spiro atoms. The number of thiophene rings is 1. The smallest absolute Gasteiger partial charge is 0.197 e. The number of ketones is 2. The second-order valence-electron chi connectivity index (χ2n) is 7.42. The highest BCUT2D eigenvalue weighted by molar-refractivity contribution is 7.17. The highest BCUT2D eigenvalue weighted by Crippen LogP contribution is 2.44. The summed E-state index contributed by atoms with van der Waals surface area (Å²) in [4.78, 5) is 37.6. The number of allylic oxidation sites excluding steroid dienone is 1. The minimum atomic E-state index is -0.215. The van der Waals surface area contributed by atoms with Crippen molar-refractivity contribution in [3.05, 3.63) is 106 Å². The lowest BCUT2D eigenvalue weighted by Crippen LogP contribution is -2.20. The van der Waals surface area contributed by atoms with Crippen LogP contribution in [0.1, 0.15) is 36.7 Å². The molecule has 0 amide bonds. The number of aromatic nitrogens is 2. The van der Waals surface area contributed by atoms with Crippen LogP contribution in [-0.4, -0.2) is 21.5 Å². The van der Waals surface area contributed by atoms with Gasteiger partial charge in [0.2, 0.25) is 0 Å². The molecule has 6 rings (SSSR count). The molecule has 0 saturated carbocycles. The van der Waals surface area contributed by atoms with Crippen LogP contribution in [-0.2, 0) is 6.42 Å². The number of rotatable bonds is 2. The van der Waals surface area contributed by atoms with Crippen molar-refractivity contribution in [1.29, 1.82) is 0 Å². The molecule has 2 aliphatic rings. The van der Waals surface area contributed by atoms with Crippen LogP contribution >= 0.6 is 11.3 Å². The second kappa shape index (κ2) is 6.82. The molecule has 1 aromatic carbocycles. The van der Waals surface area contributed by atoms with Crippen LogP contribution in [0.15, 0.2) is 78.6 Å². The van der Waals surface area contributed by atoms with E-state index < -0.39 is 0 Å². The molecule has 0 atom stereocenters. The van der Waals surface area contributed by atoms with Crippen molar-refractivity contribution in [3.63, 3.8) is 0 Å². The van der Waals surface area contributed by atoms with Crippen molar-refractivity contribution in [2.24, 2.45) is 0 Å². The van der Waals surface area contributed by atoms with Crippen LogP contribution in [0.2, 0.25) is 0 Å². The molecular formula is C25H15N3O2S. The lowest BCUT2D eigenvalue weighted by Gasteiger charge is -2.29. The van der Waals surface area contributed by atoms with Crippen LogP contribution < -0.4 is 4.90 Å². The van der Waals surface area contributed by atoms with Crippen molar-refractivity contribution in [3.8, 4) is 0 Å². The highest BCUT2D eigenvalue weighted by atomic mass is 32.1. The molecular weight excluding hydrogens is 406 g/mol. The Morgan fingerprint density at radius 3 is 2.00 bits per heavy atom. The summed E-state index contributed by atoms with van der Waals surface area (Å²) in [6.45, 7) is 0. The summed E-state index contributed by atoms with van der Waals surface area (Å²) in [6, 6.07) is 18.9. The van der Waals surface area contributed by atoms with Crippen LogP contribution in [0.3, 0.4) is 0 Å². The van der Waals surface area contributed by atoms with Crippen molar-refractivity contribution in [2.75, 3.05) is 4.90 Å². The summed E-state index contributed by atoms with van der Waals surface area (Å²) < 4.78 is 0. The van der Waals surface area contributed by atoms with E-state index >= 15 is 0 Å². The Labute approximate surface area is 182 Å². The molecule has 6 heteroatoms. The van der Waals surface area contributed by atoms with Gasteiger partial charge in [0.1, 0.15) is 16.6 Å². The quantitative estimate of drug-likeness (QED) is 0.283. The predicted octanol–water partition coefficient (Wildman–Crippen LogP) is 5.37. The van der Waals surface area contributed by atoms with Gasteiger partial charge in [0.15, 0.2) is 11.6 Å². The fourth-order valence-electron chi connectivity index (χ4n) is 4.14. The van der Waals surface area contributed by atoms with Gasteiger partial charge in [0, 0.05) is 34.8 Å². The largest absolute Gasteiger partial charge is 0.288 e. The topological polar surface area (TPSA) is 63.2 Å². The lowest BCUT2D eigenvalue weighted by atomic mass is 10.0. The van der Waals surface area contributed by atoms with E-state index in [0.717, 1.165) is 39.1 Å². The first kappa shape index (κ1) is 17.9. The van der Waals surface area contributed by atoms with Crippen molar-refractivity contribution < 1.29 is 9.59 Å². The molecule has 31 heavy (non-hydrogen) atoms. The average Bonchev–Trinajstić information content (AvgIpc) is 3.36. The first-order valence-electron chi connectivity index (χ1n) is 9.88. The summed E-state index contributed by atoms with van der Waals surface area (Å²) in [5.74, 6) is 1.28. The van der Waals surface area contributed by atoms with E-state index in [2.05, 4.69) is 22.1 Å². The lowest BCUT2D eigenvalue weighted by molar-refractivity contribution is 0.0990. The maximum Gasteiger partial charge on any atom is 0.197 e. The summed E-state index contributed by atoms with van der Waals surface area (Å²) in [7, 11) is 0. The summed E-state index contributed by atoms with van der Waals surface area (Å²) >= 11 is 1.50. The van der Waals surface area contributed by atoms with Gasteiger partial charge in [0.05, 0.1) is 5.57 Å². The third-order valence-corrected chi connectivity index (χ3v) is 6.58. The van der Waals surface area contributed by atoms with E-state index in [4.69, 9.17) is 0 Å². The number of carbonyl (C=O) groups is 2. The van der Waals surface area contributed by atoms with Gasteiger partial charge >= 0.3 is 0 Å². The SMILES string of the molecule is O=C1C(=Cc2ccc(N3c4ncccc4Cc4cccnc43)s2)C(=O)c2ccccc21. The van der Waals surface area contributed by atoms with Gasteiger partial charge in [0.25, 0.3) is 0 Å². The first-order valence-corrected chi connectivity index (χ1v) is 10.7. The fourth-order valence-corrected chi connectivity index (χ4v) is 5.09. The standard InChI is InChI=1S/C25H15N3O2S/c29-22-18-7-1-2-8-19(18)23(30)20(22)14-17-9-10-21(31-17)28-24-15(5-3-11-26-24)13-16-6-4-12-27-25(16)28/h1-12,14H,13H2. The predicted molar refractivity (Wildman–Crippen MR) is 120 cm³/mol. The van der Waals surface area contributed by atoms with Crippen LogP contribution in [0.25, 0.3) is 6.08 Å². The van der Waals surface area contributed by atoms with E-state index in [1.54, 1.807) is 42.7 Å². The molecule has 0 bridgehead atoms. The third-order valence-electron chi connectivity index (χ3n) is 5.56.